The highest BCUT2D eigenvalue weighted by Gasteiger charge is 2.24. The van der Waals surface area contributed by atoms with Gasteiger partial charge in [0.2, 0.25) is 26.0 Å². The van der Waals surface area contributed by atoms with Crippen molar-refractivity contribution in [1.82, 2.24) is 9.62 Å². The molecule has 2 aromatic carbocycles. The summed E-state index contributed by atoms with van der Waals surface area (Å²) in [5.74, 6) is 0.113. The van der Waals surface area contributed by atoms with Crippen molar-refractivity contribution >= 4 is 43.2 Å². The summed E-state index contributed by atoms with van der Waals surface area (Å²) in [5.41, 5.74) is 0.145. The van der Waals surface area contributed by atoms with Crippen LogP contribution < -0.4 is 19.1 Å². The zero-order valence-corrected chi connectivity index (χ0v) is 21.0. The fraction of sp³-hybridized carbons (Fsp3) is 0.350. The third kappa shape index (κ3) is 7.22. The highest BCUT2D eigenvalue weighted by Crippen LogP contribution is 2.32. The van der Waals surface area contributed by atoms with Crippen molar-refractivity contribution in [2.24, 2.45) is 0 Å². The van der Waals surface area contributed by atoms with E-state index in [-0.39, 0.29) is 34.5 Å². The van der Waals surface area contributed by atoms with Crippen molar-refractivity contribution in [2.45, 2.75) is 4.90 Å². The number of ether oxygens (including phenoxy) is 2. The summed E-state index contributed by atoms with van der Waals surface area (Å²) in [7, 11) is -3.08. The van der Waals surface area contributed by atoms with Crippen molar-refractivity contribution in [3.63, 3.8) is 0 Å². The van der Waals surface area contributed by atoms with Crippen molar-refractivity contribution in [2.75, 3.05) is 51.5 Å². The summed E-state index contributed by atoms with van der Waals surface area (Å²) in [5, 5.41) is 2.87. The van der Waals surface area contributed by atoms with E-state index in [9.17, 15) is 21.6 Å². The number of hydrogen-bond acceptors (Lipinski definition) is 7. The summed E-state index contributed by atoms with van der Waals surface area (Å²) in [4.78, 5) is 12.5. The number of anilines is 1. The molecule has 13 heteroatoms. The lowest BCUT2D eigenvalue weighted by atomic mass is 10.3. The van der Waals surface area contributed by atoms with Crippen LogP contribution in [0.2, 0.25) is 5.02 Å². The van der Waals surface area contributed by atoms with Crippen LogP contribution in [0.15, 0.2) is 47.4 Å². The lowest BCUT2D eigenvalue weighted by molar-refractivity contribution is -0.119. The number of benzene rings is 2. The van der Waals surface area contributed by atoms with Gasteiger partial charge in [0.05, 0.1) is 30.5 Å². The van der Waals surface area contributed by atoms with Gasteiger partial charge in [-0.3, -0.25) is 9.10 Å². The minimum absolute atomic E-state index is 0.0882. The van der Waals surface area contributed by atoms with Gasteiger partial charge >= 0.3 is 0 Å². The van der Waals surface area contributed by atoms with E-state index < -0.39 is 32.5 Å². The second kappa shape index (κ2) is 11.1. The van der Waals surface area contributed by atoms with Gasteiger partial charge in [0.1, 0.15) is 24.7 Å². The van der Waals surface area contributed by atoms with E-state index in [1.54, 1.807) is 6.07 Å². The van der Waals surface area contributed by atoms with Gasteiger partial charge in [-0.05, 0) is 42.5 Å². The number of sulfonamides is 2. The molecule has 0 aromatic heterocycles. The minimum Gasteiger partial charge on any atom is -0.495 e. The van der Waals surface area contributed by atoms with Gasteiger partial charge in [-0.15, -0.1) is 0 Å². The van der Waals surface area contributed by atoms with E-state index in [4.69, 9.17) is 21.1 Å². The van der Waals surface area contributed by atoms with Gasteiger partial charge < -0.3 is 14.8 Å². The molecule has 0 atom stereocenters. The Hall–Kier alpha value is -2.54. The van der Waals surface area contributed by atoms with E-state index in [0.717, 1.165) is 14.9 Å². The lowest BCUT2D eigenvalue weighted by Gasteiger charge is -2.24. The van der Waals surface area contributed by atoms with E-state index in [0.29, 0.717) is 5.75 Å². The Morgan fingerprint density at radius 1 is 1.06 bits per heavy atom. The highest BCUT2D eigenvalue weighted by molar-refractivity contribution is 7.92. The molecule has 0 saturated heterocycles. The van der Waals surface area contributed by atoms with Gasteiger partial charge in [0.25, 0.3) is 0 Å². The maximum absolute atomic E-state index is 12.4. The maximum atomic E-state index is 12.4. The molecule has 33 heavy (non-hydrogen) atoms. The third-order valence-corrected chi connectivity index (χ3v) is 7.58. The second-order valence-corrected chi connectivity index (χ2v) is 11.5. The first kappa shape index (κ1) is 26.7. The predicted octanol–water partition coefficient (Wildman–Crippen LogP) is 1.56. The molecule has 0 aliphatic rings. The topological polar surface area (TPSA) is 122 Å². The quantitative estimate of drug-likeness (QED) is 0.447. The Kier molecular flexibility index (Phi) is 8.95. The Balaban J connectivity index is 1.96. The van der Waals surface area contributed by atoms with Crippen LogP contribution in [0.5, 0.6) is 11.5 Å². The molecule has 1 amide bonds. The molecule has 0 aliphatic heterocycles. The van der Waals surface area contributed by atoms with Crippen molar-refractivity contribution in [3.8, 4) is 11.5 Å². The zero-order valence-electron chi connectivity index (χ0n) is 18.6. The van der Waals surface area contributed by atoms with Gasteiger partial charge in [-0.25, -0.2) is 21.1 Å². The van der Waals surface area contributed by atoms with Gasteiger partial charge in [0.15, 0.2) is 0 Å². The number of amides is 1. The number of rotatable bonds is 11. The molecule has 2 rings (SSSR count). The molecule has 2 aromatic rings. The molecule has 182 valence electrons. The Labute approximate surface area is 199 Å². The zero-order chi connectivity index (χ0) is 24.8. The average molecular weight is 520 g/mol. The molecule has 0 bridgehead atoms. The molecule has 0 heterocycles. The van der Waals surface area contributed by atoms with Crippen LogP contribution in [0.1, 0.15) is 0 Å². The first-order valence-corrected chi connectivity index (χ1v) is 13.3. The van der Waals surface area contributed by atoms with E-state index >= 15 is 0 Å². The minimum atomic E-state index is -3.81. The largest absolute Gasteiger partial charge is 0.495 e. The molecule has 1 N–H and O–H groups in total. The molecular weight excluding hydrogens is 494 g/mol. The third-order valence-electron chi connectivity index (χ3n) is 4.39. The summed E-state index contributed by atoms with van der Waals surface area (Å²) < 4.78 is 61.4. The average Bonchev–Trinajstić information content (AvgIpc) is 2.74. The smallest absolute Gasteiger partial charge is 0.242 e. The molecule has 0 saturated carbocycles. The molecule has 0 fully saturated rings. The Bertz CT molecular complexity index is 1180. The first-order chi connectivity index (χ1) is 15.4. The van der Waals surface area contributed by atoms with Crippen LogP contribution in [-0.2, 0) is 24.8 Å². The number of carbonyl (C=O) groups is 1. The van der Waals surface area contributed by atoms with E-state index in [2.05, 4.69) is 5.32 Å². The van der Waals surface area contributed by atoms with E-state index in [1.807, 2.05) is 0 Å². The van der Waals surface area contributed by atoms with Gasteiger partial charge in [-0.2, -0.15) is 0 Å². The molecule has 0 unspecified atom stereocenters. The SMILES string of the molecule is COc1ccc(Cl)cc1N(CC(=O)NCCOc1ccc(S(=O)(=O)N(C)C)cc1)S(C)(=O)=O. The van der Waals surface area contributed by atoms with E-state index in [1.165, 1.54) is 57.6 Å². The number of nitrogens with one attached hydrogen (secondary N) is 1. The summed E-state index contributed by atoms with van der Waals surface area (Å²) in [6, 6.07) is 10.3. The molecular formula is C20H26ClN3O7S2. The monoisotopic (exact) mass is 519 g/mol. The molecule has 0 radical (unpaired) electrons. The molecule has 0 spiro atoms. The number of halogens is 1. The number of methoxy groups -OCH3 is 1. The van der Waals surface area contributed by atoms with Crippen LogP contribution in [-0.4, -0.2) is 74.2 Å². The maximum Gasteiger partial charge on any atom is 0.242 e. The molecule has 10 nitrogen and oxygen atoms in total. The van der Waals surface area contributed by atoms with Crippen molar-refractivity contribution < 1.29 is 31.1 Å². The van der Waals surface area contributed by atoms with Crippen LogP contribution in [0.4, 0.5) is 5.69 Å². The number of carbonyl (C=O) groups excluding carboxylic acids is 1. The first-order valence-electron chi connectivity index (χ1n) is 9.59. The van der Waals surface area contributed by atoms with Crippen LogP contribution >= 0.6 is 11.6 Å². The standard InChI is InChI=1S/C20H26ClN3O7S2/c1-23(2)33(28,29)17-8-6-16(7-9-17)31-12-11-22-20(25)14-24(32(4,26)27)18-13-15(21)5-10-19(18)30-3/h5-10,13H,11-12,14H2,1-4H3,(H,22,25). The van der Waals surface area contributed by atoms with Crippen LogP contribution in [0.25, 0.3) is 0 Å². The normalized spacial score (nSPS) is 11.8. The van der Waals surface area contributed by atoms with Gasteiger partial charge in [-0.1, -0.05) is 11.6 Å². The Morgan fingerprint density at radius 3 is 2.24 bits per heavy atom. The van der Waals surface area contributed by atoms with Crippen molar-refractivity contribution in [1.29, 1.82) is 0 Å². The van der Waals surface area contributed by atoms with Gasteiger partial charge in [0, 0.05) is 19.1 Å². The summed E-state index contributed by atoms with van der Waals surface area (Å²) in [6.07, 6.45) is 0.976. The van der Waals surface area contributed by atoms with Crippen molar-refractivity contribution in [3.05, 3.63) is 47.5 Å². The molecule has 0 aliphatic carbocycles. The fourth-order valence-electron chi connectivity index (χ4n) is 2.70. The summed E-state index contributed by atoms with van der Waals surface area (Å²) >= 11 is 5.99. The Morgan fingerprint density at radius 2 is 1.70 bits per heavy atom. The number of nitrogens with zero attached hydrogens (tertiary/aromatic N) is 2. The number of hydrogen-bond donors (Lipinski definition) is 1. The van der Waals surface area contributed by atoms with Crippen LogP contribution in [0, 0.1) is 0 Å². The fourth-order valence-corrected chi connectivity index (χ4v) is 4.62. The summed E-state index contributed by atoms with van der Waals surface area (Å²) in [6.45, 7) is -0.293. The highest BCUT2D eigenvalue weighted by atomic mass is 35.5. The van der Waals surface area contributed by atoms with Crippen LogP contribution in [0.3, 0.4) is 0 Å². The lowest BCUT2D eigenvalue weighted by Crippen LogP contribution is -2.41. The predicted molar refractivity (Wildman–Crippen MR) is 126 cm³/mol. The second-order valence-electron chi connectivity index (χ2n) is 7.04.